The number of hydrogen-bond donors (Lipinski definition) is 0. The summed E-state index contributed by atoms with van der Waals surface area (Å²) >= 11 is 0. The predicted octanol–water partition coefficient (Wildman–Crippen LogP) is 1.93. The van der Waals surface area contributed by atoms with Crippen molar-refractivity contribution in [1.29, 1.82) is 0 Å². The Kier molecular flexibility index (Phi) is 5.51. The molecular formula is C20H32N4O. The Balaban J connectivity index is 1.23. The third-order valence-corrected chi connectivity index (χ3v) is 6.36. The van der Waals surface area contributed by atoms with Gasteiger partial charge in [0.1, 0.15) is 0 Å². The molecule has 0 atom stereocenters. The van der Waals surface area contributed by atoms with Crippen LogP contribution < -0.4 is 5.56 Å². The SMILES string of the molecule is O=c1cc2c(nn1CCN1CCN(CC3CCCCC3)CC1)CCC2. The fourth-order valence-electron chi connectivity index (χ4n) is 4.77. The van der Waals surface area contributed by atoms with Crippen LogP contribution in [-0.2, 0) is 19.4 Å². The van der Waals surface area contributed by atoms with Crippen molar-refractivity contribution in [3.05, 3.63) is 27.7 Å². The Hall–Kier alpha value is -1.20. The van der Waals surface area contributed by atoms with Crippen molar-refractivity contribution >= 4 is 0 Å². The van der Waals surface area contributed by atoms with Gasteiger partial charge in [-0.05, 0) is 43.6 Å². The third-order valence-electron chi connectivity index (χ3n) is 6.36. The summed E-state index contributed by atoms with van der Waals surface area (Å²) in [6.45, 7) is 7.61. The van der Waals surface area contributed by atoms with Crippen molar-refractivity contribution in [1.82, 2.24) is 19.6 Å². The molecule has 1 saturated carbocycles. The smallest absolute Gasteiger partial charge is 0.267 e. The van der Waals surface area contributed by atoms with Gasteiger partial charge in [-0.3, -0.25) is 9.69 Å². The normalized spacial score (nSPS) is 23.0. The number of nitrogens with zero attached hydrogens (tertiary/aromatic N) is 4. The van der Waals surface area contributed by atoms with Crippen LogP contribution in [0, 0.1) is 5.92 Å². The minimum absolute atomic E-state index is 0.0802. The largest absolute Gasteiger partial charge is 0.301 e. The Morgan fingerprint density at radius 3 is 2.48 bits per heavy atom. The van der Waals surface area contributed by atoms with Gasteiger partial charge in [0.15, 0.2) is 0 Å². The molecule has 0 amide bonds. The number of piperazine rings is 1. The zero-order valence-electron chi connectivity index (χ0n) is 15.5. The van der Waals surface area contributed by atoms with Gasteiger partial charge in [0.25, 0.3) is 5.56 Å². The first kappa shape index (κ1) is 17.2. The number of aryl methyl sites for hydroxylation is 2. The van der Waals surface area contributed by atoms with E-state index < -0.39 is 0 Å². The number of hydrogen-bond acceptors (Lipinski definition) is 4. The Bertz CT molecular complexity index is 627. The summed E-state index contributed by atoms with van der Waals surface area (Å²) in [6, 6.07) is 1.82. The van der Waals surface area contributed by atoms with E-state index >= 15 is 0 Å². The van der Waals surface area contributed by atoms with Gasteiger partial charge < -0.3 is 4.90 Å². The lowest BCUT2D eigenvalue weighted by molar-refractivity contribution is 0.106. The van der Waals surface area contributed by atoms with Gasteiger partial charge in [0.05, 0.1) is 12.2 Å². The molecule has 0 aromatic carbocycles. The van der Waals surface area contributed by atoms with E-state index in [0.717, 1.165) is 57.1 Å². The van der Waals surface area contributed by atoms with Crippen molar-refractivity contribution in [2.75, 3.05) is 39.3 Å². The van der Waals surface area contributed by atoms with Crippen LogP contribution in [0.4, 0.5) is 0 Å². The Labute approximate surface area is 151 Å². The fourth-order valence-corrected chi connectivity index (χ4v) is 4.77. The van der Waals surface area contributed by atoms with Crippen LogP contribution in [0.5, 0.6) is 0 Å². The maximum absolute atomic E-state index is 12.2. The zero-order chi connectivity index (χ0) is 17.1. The quantitative estimate of drug-likeness (QED) is 0.818. The van der Waals surface area contributed by atoms with Gasteiger partial charge in [-0.2, -0.15) is 5.10 Å². The minimum Gasteiger partial charge on any atom is -0.301 e. The number of rotatable bonds is 5. The van der Waals surface area contributed by atoms with Gasteiger partial charge in [0.2, 0.25) is 0 Å². The van der Waals surface area contributed by atoms with Gasteiger partial charge >= 0.3 is 0 Å². The minimum atomic E-state index is 0.0802. The number of aromatic nitrogens is 2. The van der Waals surface area contributed by atoms with Crippen LogP contribution in [0.25, 0.3) is 0 Å². The van der Waals surface area contributed by atoms with Crippen molar-refractivity contribution in [2.45, 2.75) is 57.9 Å². The van der Waals surface area contributed by atoms with Crippen LogP contribution in [0.3, 0.4) is 0 Å². The van der Waals surface area contributed by atoms with Crippen LogP contribution in [0.1, 0.15) is 49.8 Å². The molecule has 3 aliphatic rings. The molecule has 138 valence electrons. The molecular weight excluding hydrogens is 312 g/mol. The molecule has 4 rings (SSSR count). The molecule has 5 nitrogen and oxygen atoms in total. The Morgan fingerprint density at radius 1 is 0.920 bits per heavy atom. The molecule has 5 heteroatoms. The van der Waals surface area contributed by atoms with Crippen molar-refractivity contribution in [2.24, 2.45) is 5.92 Å². The molecule has 1 aromatic rings. The average Bonchev–Trinajstić information content (AvgIpc) is 3.09. The van der Waals surface area contributed by atoms with E-state index in [4.69, 9.17) is 0 Å². The summed E-state index contributed by atoms with van der Waals surface area (Å²) in [6.07, 6.45) is 10.4. The second-order valence-corrected chi connectivity index (χ2v) is 8.18. The first-order chi connectivity index (χ1) is 12.3. The second kappa shape index (κ2) is 8.00. The van der Waals surface area contributed by atoms with E-state index in [2.05, 4.69) is 14.9 Å². The summed E-state index contributed by atoms with van der Waals surface area (Å²) in [5.74, 6) is 0.939. The van der Waals surface area contributed by atoms with E-state index in [9.17, 15) is 4.79 Å². The highest BCUT2D eigenvalue weighted by atomic mass is 16.1. The molecule has 0 N–H and O–H groups in total. The molecule has 0 bridgehead atoms. The van der Waals surface area contributed by atoms with Crippen LogP contribution in [0.15, 0.2) is 10.9 Å². The van der Waals surface area contributed by atoms with E-state index in [0.29, 0.717) is 0 Å². The highest BCUT2D eigenvalue weighted by Crippen LogP contribution is 2.24. The molecule has 1 aliphatic heterocycles. The first-order valence-corrected chi connectivity index (χ1v) is 10.3. The third kappa shape index (κ3) is 4.32. The topological polar surface area (TPSA) is 41.4 Å². The fraction of sp³-hybridized carbons (Fsp3) is 0.800. The average molecular weight is 345 g/mol. The monoisotopic (exact) mass is 344 g/mol. The molecule has 2 heterocycles. The number of fused-ring (bicyclic) bond motifs is 1. The summed E-state index contributed by atoms with van der Waals surface area (Å²) in [5, 5.41) is 4.60. The van der Waals surface area contributed by atoms with E-state index in [1.165, 1.54) is 57.3 Å². The zero-order valence-corrected chi connectivity index (χ0v) is 15.5. The maximum Gasteiger partial charge on any atom is 0.267 e. The predicted molar refractivity (Wildman–Crippen MR) is 100.0 cm³/mol. The first-order valence-electron chi connectivity index (χ1n) is 10.3. The molecule has 0 unspecified atom stereocenters. The summed E-state index contributed by atoms with van der Waals surface area (Å²) in [7, 11) is 0. The molecule has 25 heavy (non-hydrogen) atoms. The lowest BCUT2D eigenvalue weighted by atomic mass is 9.89. The standard InChI is InChI=1S/C20H32N4O/c25-20-15-18-7-4-8-19(18)21-24(20)14-13-22-9-11-23(12-10-22)16-17-5-2-1-3-6-17/h15,17H,1-14,16H2. The molecule has 1 aromatic heterocycles. The lowest BCUT2D eigenvalue weighted by Gasteiger charge is -2.37. The maximum atomic E-state index is 12.2. The van der Waals surface area contributed by atoms with Gasteiger partial charge in [-0.15, -0.1) is 0 Å². The molecule has 2 aliphatic carbocycles. The van der Waals surface area contributed by atoms with Crippen LogP contribution in [0.2, 0.25) is 0 Å². The van der Waals surface area contributed by atoms with E-state index in [-0.39, 0.29) is 5.56 Å². The highest BCUT2D eigenvalue weighted by Gasteiger charge is 2.21. The van der Waals surface area contributed by atoms with Gasteiger partial charge in [0, 0.05) is 45.3 Å². The molecule has 2 fully saturated rings. The van der Waals surface area contributed by atoms with E-state index in [1.807, 2.05) is 6.07 Å². The lowest BCUT2D eigenvalue weighted by Crippen LogP contribution is -2.48. The van der Waals surface area contributed by atoms with Gasteiger partial charge in [-0.25, -0.2) is 4.68 Å². The summed E-state index contributed by atoms with van der Waals surface area (Å²) in [4.78, 5) is 17.4. The van der Waals surface area contributed by atoms with Gasteiger partial charge in [-0.1, -0.05) is 19.3 Å². The molecule has 0 spiro atoms. The second-order valence-electron chi connectivity index (χ2n) is 8.18. The molecule has 1 saturated heterocycles. The van der Waals surface area contributed by atoms with E-state index in [1.54, 1.807) is 4.68 Å². The highest BCUT2D eigenvalue weighted by molar-refractivity contribution is 5.22. The van der Waals surface area contributed by atoms with Crippen molar-refractivity contribution in [3.8, 4) is 0 Å². The Morgan fingerprint density at radius 2 is 1.68 bits per heavy atom. The van der Waals surface area contributed by atoms with Crippen LogP contribution >= 0.6 is 0 Å². The summed E-state index contributed by atoms with van der Waals surface area (Å²) in [5.41, 5.74) is 2.41. The summed E-state index contributed by atoms with van der Waals surface area (Å²) < 4.78 is 1.69. The molecule has 0 radical (unpaired) electrons. The van der Waals surface area contributed by atoms with Crippen molar-refractivity contribution in [3.63, 3.8) is 0 Å². The van der Waals surface area contributed by atoms with Crippen LogP contribution in [-0.4, -0.2) is 58.8 Å². The van der Waals surface area contributed by atoms with Crippen molar-refractivity contribution < 1.29 is 0 Å².